The Morgan fingerprint density at radius 1 is 1.35 bits per heavy atom. The van der Waals surface area contributed by atoms with Crippen molar-refractivity contribution in [3.8, 4) is 11.5 Å². The van der Waals surface area contributed by atoms with Crippen LogP contribution in [0.1, 0.15) is 24.9 Å². The first-order valence-corrected chi connectivity index (χ1v) is 8.27. The van der Waals surface area contributed by atoms with Crippen LogP contribution in [0, 0.1) is 0 Å². The number of rotatable bonds is 8. The predicted molar refractivity (Wildman–Crippen MR) is 78.5 cm³/mol. The van der Waals surface area contributed by atoms with Gasteiger partial charge in [0.1, 0.15) is 11.5 Å². The molecule has 1 unspecified atom stereocenters. The molecular formula is C13H22N2O4S. The van der Waals surface area contributed by atoms with Crippen molar-refractivity contribution in [1.29, 1.82) is 0 Å². The molecule has 114 valence electrons. The molecule has 1 aromatic rings. The minimum Gasteiger partial charge on any atom is -0.508 e. The number of phenolic OH excluding ortho intramolecular Hbond substituents is 1. The van der Waals surface area contributed by atoms with E-state index in [0.29, 0.717) is 25.3 Å². The average molecular weight is 302 g/mol. The highest BCUT2D eigenvalue weighted by Gasteiger charge is 2.11. The van der Waals surface area contributed by atoms with Gasteiger partial charge in [0.05, 0.1) is 13.4 Å². The molecule has 0 aliphatic carbocycles. The molecule has 0 aliphatic rings. The van der Waals surface area contributed by atoms with Crippen molar-refractivity contribution in [1.82, 2.24) is 10.0 Å². The molecule has 1 aromatic carbocycles. The SMILES string of the molecule is COc1ccc(O)c(C(C)NCCCNS(C)(=O)=O)c1. The highest BCUT2D eigenvalue weighted by atomic mass is 32.2. The van der Waals surface area contributed by atoms with Crippen molar-refractivity contribution < 1.29 is 18.3 Å². The number of hydrogen-bond donors (Lipinski definition) is 3. The van der Waals surface area contributed by atoms with E-state index in [4.69, 9.17) is 4.74 Å². The number of benzene rings is 1. The predicted octanol–water partition coefficient (Wildman–Crippen LogP) is 0.991. The van der Waals surface area contributed by atoms with E-state index in [2.05, 4.69) is 10.0 Å². The van der Waals surface area contributed by atoms with Gasteiger partial charge in [-0.3, -0.25) is 0 Å². The van der Waals surface area contributed by atoms with Gasteiger partial charge in [-0.05, 0) is 38.1 Å². The Morgan fingerprint density at radius 3 is 2.65 bits per heavy atom. The zero-order valence-corrected chi connectivity index (χ0v) is 12.8. The first-order valence-electron chi connectivity index (χ1n) is 6.38. The fourth-order valence-electron chi connectivity index (χ4n) is 1.78. The molecule has 0 saturated carbocycles. The van der Waals surface area contributed by atoms with Gasteiger partial charge in [-0.15, -0.1) is 0 Å². The van der Waals surface area contributed by atoms with E-state index in [1.165, 1.54) is 0 Å². The number of methoxy groups -OCH3 is 1. The van der Waals surface area contributed by atoms with Crippen molar-refractivity contribution >= 4 is 10.0 Å². The summed E-state index contributed by atoms with van der Waals surface area (Å²) in [5.41, 5.74) is 0.750. The number of hydrogen-bond acceptors (Lipinski definition) is 5. The first kappa shape index (κ1) is 16.7. The summed E-state index contributed by atoms with van der Waals surface area (Å²) in [6.07, 6.45) is 1.81. The molecule has 0 bridgehead atoms. The van der Waals surface area contributed by atoms with Gasteiger partial charge in [0, 0.05) is 18.2 Å². The summed E-state index contributed by atoms with van der Waals surface area (Å²) in [5.74, 6) is 0.894. The smallest absolute Gasteiger partial charge is 0.208 e. The molecule has 0 spiro atoms. The minimum atomic E-state index is -3.13. The highest BCUT2D eigenvalue weighted by Crippen LogP contribution is 2.28. The lowest BCUT2D eigenvalue weighted by Gasteiger charge is -2.16. The van der Waals surface area contributed by atoms with Crippen molar-refractivity contribution in [3.05, 3.63) is 23.8 Å². The summed E-state index contributed by atoms with van der Waals surface area (Å²) < 4.78 is 29.3. The van der Waals surface area contributed by atoms with Crippen LogP contribution >= 0.6 is 0 Å². The second kappa shape index (κ2) is 7.47. The van der Waals surface area contributed by atoms with Gasteiger partial charge >= 0.3 is 0 Å². The van der Waals surface area contributed by atoms with Crippen LogP contribution in [-0.2, 0) is 10.0 Å². The van der Waals surface area contributed by atoms with Crippen LogP contribution in [0.25, 0.3) is 0 Å². The molecule has 6 nitrogen and oxygen atoms in total. The largest absolute Gasteiger partial charge is 0.508 e. The summed E-state index contributed by atoms with van der Waals surface area (Å²) in [6.45, 7) is 2.96. The Labute approximate surface area is 120 Å². The number of ether oxygens (including phenoxy) is 1. The molecule has 0 fully saturated rings. The van der Waals surface area contributed by atoms with Gasteiger partial charge in [0.15, 0.2) is 0 Å². The molecule has 1 rings (SSSR count). The summed E-state index contributed by atoms with van der Waals surface area (Å²) in [7, 11) is -1.55. The van der Waals surface area contributed by atoms with E-state index in [1.54, 1.807) is 25.3 Å². The standard InChI is InChI=1S/C13H22N2O4S/c1-10(14-7-4-8-15-20(3,17)18)12-9-11(19-2)5-6-13(12)16/h5-6,9-10,14-16H,4,7-8H2,1-3H3. The topological polar surface area (TPSA) is 87.7 Å². The van der Waals surface area contributed by atoms with Crippen molar-refractivity contribution in [2.75, 3.05) is 26.5 Å². The lowest BCUT2D eigenvalue weighted by molar-refractivity contribution is 0.407. The van der Waals surface area contributed by atoms with Crippen LogP contribution in [0.2, 0.25) is 0 Å². The molecule has 7 heteroatoms. The number of nitrogens with one attached hydrogen (secondary N) is 2. The third kappa shape index (κ3) is 5.77. The molecule has 0 heterocycles. The fourth-order valence-corrected chi connectivity index (χ4v) is 2.30. The molecule has 20 heavy (non-hydrogen) atoms. The summed E-state index contributed by atoms with van der Waals surface area (Å²) in [4.78, 5) is 0. The van der Waals surface area contributed by atoms with Crippen LogP contribution in [0.5, 0.6) is 11.5 Å². The lowest BCUT2D eigenvalue weighted by atomic mass is 10.1. The molecule has 0 aliphatic heterocycles. The van der Waals surface area contributed by atoms with Crippen LogP contribution in [-0.4, -0.2) is 40.0 Å². The maximum absolute atomic E-state index is 10.9. The summed E-state index contributed by atoms with van der Waals surface area (Å²) >= 11 is 0. The van der Waals surface area contributed by atoms with Gasteiger partial charge in [0.25, 0.3) is 0 Å². The Hall–Kier alpha value is -1.31. The number of phenols is 1. The van der Waals surface area contributed by atoms with Gasteiger partial charge in [0.2, 0.25) is 10.0 Å². The fraction of sp³-hybridized carbons (Fsp3) is 0.538. The van der Waals surface area contributed by atoms with Crippen molar-refractivity contribution in [2.45, 2.75) is 19.4 Å². The van der Waals surface area contributed by atoms with Gasteiger partial charge < -0.3 is 15.2 Å². The molecule has 0 saturated heterocycles. The lowest BCUT2D eigenvalue weighted by Crippen LogP contribution is -2.27. The average Bonchev–Trinajstić information content (AvgIpc) is 2.37. The monoisotopic (exact) mass is 302 g/mol. The Morgan fingerprint density at radius 2 is 2.05 bits per heavy atom. The van der Waals surface area contributed by atoms with Crippen LogP contribution in [0.3, 0.4) is 0 Å². The molecule has 0 amide bonds. The second-order valence-corrected chi connectivity index (χ2v) is 6.45. The van der Waals surface area contributed by atoms with E-state index in [1.807, 2.05) is 6.92 Å². The van der Waals surface area contributed by atoms with Crippen LogP contribution < -0.4 is 14.8 Å². The Kier molecular flexibility index (Phi) is 6.25. The third-order valence-corrected chi connectivity index (χ3v) is 3.60. The summed E-state index contributed by atoms with van der Waals surface area (Å²) in [6, 6.07) is 5.02. The minimum absolute atomic E-state index is 0.0525. The quantitative estimate of drug-likeness (QED) is 0.623. The van der Waals surface area contributed by atoms with E-state index >= 15 is 0 Å². The molecule has 3 N–H and O–H groups in total. The maximum atomic E-state index is 10.9. The molecule has 0 radical (unpaired) electrons. The van der Waals surface area contributed by atoms with E-state index in [9.17, 15) is 13.5 Å². The maximum Gasteiger partial charge on any atom is 0.208 e. The van der Waals surface area contributed by atoms with E-state index < -0.39 is 10.0 Å². The first-order chi connectivity index (χ1) is 9.33. The molecule has 1 atom stereocenters. The Bertz CT molecular complexity index is 531. The zero-order valence-electron chi connectivity index (χ0n) is 12.0. The third-order valence-electron chi connectivity index (χ3n) is 2.87. The number of sulfonamides is 1. The second-order valence-electron chi connectivity index (χ2n) is 4.62. The summed E-state index contributed by atoms with van der Waals surface area (Å²) in [5, 5.41) is 13.0. The van der Waals surface area contributed by atoms with E-state index in [0.717, 1.165) is 11.8 Å². The van der Waals surface area contributed by atoms with E-state index in [-0.39, 0.29) is 11.8 Å². The van der Waals surface area contributed by atoms with Crippen LogP contribution in [0.4, 0.5) is 0 Å². The van der Waals surface area contributed by atoms with Crippen molar-refractivity contribution in [2.24, 2.45) is 0 Å². The van der Waals surface area contributed by atoms with Gasteiger partial charge in [-0.1, -0.05) is 0 Å². The highest BCUT2D eigenvalue weighted by molar-refractivity contribution is 7.88. The zero-order chi connectivity index (χ0) is 15.2. The molecular weight excluding hydrogens is 280 g/mol. The van der Waals surface area contributed by atoms with Gasteiger partial charge in [-0.2, -0.15) is 0 Å². The number of aromatic hydroxyl groups is 1. The molecule has 0 aromatic heterocycles. The Balaban J connectivity index is 2.45. The normalized spacial score (nSPS) is 13.2. The van der Waals surface area contributed by atoms with Gasteiger partial charge in [-0.25, -0.2) is 13.1 Å². The van der Waals surface area contributed by atoms with Crippen molar-refractivity contribution in [3.63, 3.8) is 0 Å². The van der Waals surface area contributed by atoms with Crippen LogP contribution in [0.15, 0.2) is 18.2 Å².